The van der Waals surface area contributed by atoms with Crippen molar-refractivity contribution in [3.8, 4) is 12.3 Å². The van der Waals surface area contributed by atoms with Gasteiger partial charge in [0.2, 0.25) is 0 Å². The van der Waals surface area contributed by atoms with E-state index in [1.165, 1.54) is 0 Å². The summed E-state index contributed by atoms with van der Waals surface area (Å²) >= 11 is 0. The Labute approximate surface area is 121 Å². The van der Waals surface area contributed by atoms with E-state index in [0.29, 0.717) is 31.1 Å². The van der Waals surface area contributed by atoms with Crippen LogP contribution in [0.3, 0.4) is 0 Å². The van der Waals surface area contributed by atoms with E-state index in [1.807, 2.05) is 6.08 Å². The van der Waals surface area contributed by atoms with Crippen molar-refractivity contribution >= 4 is 5.78 Å². The Morgan fingerprint density at radius 1 is 1.45 bits per heavy atom. The lowest BCUT2D eigenvalue weighted by molar-refractivity contribution is -0.117. The molecule has 0 aromatic carbocycles. The molecule has 1 aliphatic carbocycles. The number of Topliss-reactive ketones (excluding diaryl/α,β-unsaturated/α-hetero) is 1. The summed E-state index contributed by atoms with van der Waals surface area (Å²) in [6.45, 7) is 1.58. The highest BCUT2D eigenvalue weighted by molar-refractivity contribution is 5.75. The minimum absolute atomic E-state index is 0.181. The first-order valence-electron chi connectivity index (χ1n) is 7.18. The number of hydrogen-bond donors (Lipinski definition) is 2. The third kappa shape index (κ3) is 6.70. The molecule has 0 aliphatic heterocycles. The molecule has 0 aromatic rings. The highest BCUT2D eigenvalue weighted by atomic mass is 16.3. The molecule has 0 amide bonds. The Morgan fingerprint density at radius 2 is 2.20 bits per heavy atom. The molecule has 0 radical (unpaired) electrons. The summed E-state index contributed by atoms with van der Waals surface area (Å²) in [4.78, 5) is 10.8. The van der Waals surface area contributed by atoms with Crippen LogP contribution < -0.4 is 0 Å². The summed E-state index contributed by atoms with van der Waals surface area (Å²) in [5, 5.41) is 19.3. The van der Waals surface area contributed by atoms with E-state index >= 15 is 0 Å². The smallest absolute Gasteiger partial charge is 0.129 e. The van der Waals surface area contributed by atoms with Gasteiger partial charge in [-0.3, -0.25) is 0 Å². The number of aliphatic hydroxyl groups excluding tert-OH is 2. The van der Waals surface area contributed by atoms with Crippen molar-refractivity contribution in [2.45, 2.75) is 51.2 Å². The molecule has 1 aliphatic rings. The van der Waals surface area contributed by atoms with Crippen LogP contribution in [0.25, 0.3) is 0 Å². The fourth-order valence-electron chi connectivity index (χ4n) is 2.26. The van der Waals surface area contributed by atoms with Crippen LogP contribution in [0.15, 0.2) is 24.3 Å². The maximum absolute atomic E-state index is 10.8. The number of ketones is 1. The van der Waals surface area contributed by atoms with Crippen molar-refractivity contribution in [3.63, 3.8) is 0 Å². The van der Waals surface area contributed by atoms with Crippen molar-refractivity contribution in [1.82, 2.24) is 0 Å². The first-order chi connectivity index (χ1) is 9.54. The standard InChI is InChI=1S/C17H24O3/c1-3-7-15(19)10-5-4-9-14-12-16(14)17(20)11-6-8-13(2)18/h1,4-5,9-10,14-17,19-20H,6-8,11-12H2,2H3/b9-4+,10-5+/t14-,15-,16+,17+/m1/s1. The molecule has 1 saturated carbocycles. The van der Waals surface area contributed by atoms with E-state index in [2.05, 4.69) is 12.0 Å². The van der Waals surface area contributed by atoms with Gasteiger partial charge in [-0.15, -0.1) is 12.3 Å². The van der Waals surface area contributed by atoms with Crippen LogP contribution in [0.4, 0.5) is 0 Å². The lowest BCUT2D eigenvalue weighted by Gasteiger charge is -2.08. The third-order valence-corrected chi connectivity index (χ3v) is 3.54. The van der Waals surface area contributed by atoms with Crippen LogP contribution >= 0.6 is 0 Å². The predicted octanol–water partition coefficient (Wildman–Crippen LogP) is 2.24. The summed E-state index contributed by atoms with van der Waals surface area (Å²) in [6, 6.07) is 0. The summed E-state index contributed by atoms with van der Waals surface area (Å²) in [5.74, 6) is 3.31. The molecule has 1 rings (SSSR count). The van der Waals surface area contributed by atoms with Crippen LogP contribution in [0.1, 0.15) is 39.0 Å². The second kappa shape index (κ2) is 8.73. The van der Waals surface area contributed by atoms with Crippen LogP contribution in [-0.2, 0) is 4.79 Å². The van der Waals surface area contributed by atoms with Crippen molar-refractivity contribution in [3.05, 3.63) is 24.3 Å². The Hall–Kier alpha value is -1.37. The van der Waals surface area contributed by atoms with Gasteiger partial charge in [-0.05, 0) is 38.0 Å². The molecule has 0 unspecified atom stereocenters. The van der Waals surface area contributed by atoms with E-state index in [-0.39, 0.29) is 11.9 Å². The molecule has 0 bridgehead atoms. The number of carbonyl (C=O) groups is 1. The van der Waals surface area contributed by atoms with Gasteiger partial charge in [0.1, 0.15) is 5.78 Å². The van der Waals surface area contributed by atoms with Gasteiger partial charge in [0.05, 0.1) is 12.2 Å². The molecule has 0 heterocycles. The molecule has 3 nitrogen and oxygen atoms in total. The average molecular weight is 276 g/mol. The van der Waals surface area contributed by atoms with E-state index in [0.717, 1.165) is 12.8 Å². The summed E-state index contributed by atoms with van der Waals surface area (Å²) in [7, 11) is 0. The summed E-state index contributed by atoms with van der Waals surface area (Å²) in [5.41, 5.74) is 0. The second-order valence-corrected chi connectivity index (χ2v) is 5.47. The maximum atomic E-state index is 10.8. The molecule has 0 aromatic heterocycles. The number of terminal acetylenes is 1. The maximum Gasteiger partial charge on any atom is 0.129 e. The van der Waals surface area contributed by atoms with Gasteiger partial charge < -0.3 is 15.0 Å². The number of rotatable bonds is 9. The fraction of sp³-hybridized carbons (Fsp3) is 0.588. The van der Waals surface area contributed by atoms with Crippen LogP contribution in [0, 0.1) is 24.2 Å². The Balaban J connectivity index is 2.19. The Bertz CT molecular complexity index is 403. The number of carbonyl (C=O) groups excluding carboxylic acids is 1. The molecular formula is C17H24O3. The second-order valence-electron chi connectivity index (χ2n) is 5.47. The van der Waals surface area contributed by atoms with Gasteiger partial charge >= 0.3 is 0 Å². The van der Waals surface area contributed by atoms with Crippen LogP contribution in [0.5, 0.6) is 0 Å². The third-order valence-electron chi connectivity index (χ3n) is 3.54. The average Bonchev–Trinajstić information content (AvgIpc) is 3.14. The molecule has 1 fully saturated rings. The van der Waals surface area contributed by atoms with Crippen molar-refractivity contribution < 1.29 is 15.0 Å². The van der Waals surface area contributed by atoms with Gasteiger partial charge in [0.15, 0.2) is 0 Å². The fourth-order valence-corrected chi connectivity index (χ4v) is 2.26. The summed E-state index contributed by atoms with van der Waals surface area (Å²) in [6.07, 6.45) is 14.9. The normalized spacial score (nSPS) is 24.7. The van der Waals surface area contributed by atoms with Gasteiger partial charge in [-0.1, -0.05) is 24.3 Å². The van der Waals surface area contributed by atoms with E-state index in [1.54, 1.807) is 19.1 Å². The zero-order chi connectivity index (χ0) is 15.0. The Morgan fingerprint density at radius 3 is 2.85 bits per heavy atom. The van der Waals surface area contributed by atoms with Gasteiger partial charge in [-0.25, -0.2) is 0 Å². The van der Waals surface area contributed by atoms with E-state index in [9.17, 15) is 15.0 Å². The highest BCUT2D eigenvalue weighted by Gasteiger charge is 2.39. The molecule has 0 spiro atoms. The molecular weight excluding hydrogens is 252 g/mol. The van der Waals surface area contributed by atoms with E-state index < -0.39 is 6.10 Å². The minimum atomic E-state index is -0.586. The van der Waals surface area contributed by atoms with Crippen molar-refractivity contribution in [2.75, 3.05) is 0 Å². The van der Waals surface area contributed by atoms with Crippen LogP contribution in [-0.4, -0.2) is 28.2 Å². The molecule has 2 N–H and O–H groups in total. The SMILES string of the molecule is C#CC[C@@H](O)/C=C/C=C/[C@@H]1C[C@@H]1[C@@H](O)CCCC(C)=O. The molecule has 0 saturated heterocycles. The van der Waals surface area contributed by atoms with Gasteiger partial charge in [0, 0.05) is 12.8 Å². The molecule has 4 atom stereocenters. The zero-order valence-corrected chi connectivity index (χ0v) is 12.0. The zero-order valence-electron chi connectivity index (χ0n) is 12.0. The van der Waals surface area contributed by atoms with Gasteiger partial charge in [0.25, 0.3) is 0 Å². The lowest BCUT2D eigenvalue weighted by Crippen LogP contribution is -2.10. The van der Waals surface area contributed by atoms with Crippen molar-refractivity contribution in [2.24, 2.45) is 11.8 Å². The molecule has 20 heavy (non-hydrogen) atoms. The topological polar surface area (TPSA) is 57.5 Å². The Kier molecular flexibility index (Phi) is 7.28. The number of aliphatic hydroxyl groups is 2. The minimum Gasteiger partial charge on any atom is -0.393 e. The first-order valence-corrected chi connectivity index (χ1v) is 7.18. The molecule has 3 heteroatoms. The van der Waals surface area contributed by atoms with Crippen LogP contribution in [0.2, 0.25) is 0 Å². The number of hydrogen-bond acceptors (Lipinski definition) is 3. The quantitative estimate of drug-likeness (QED) is 0.501. The van der Waals surface area contributed by atoms with Gasteiger partial charge in [-0.2, -0.15) is 0 Å². The van der Waals surface area contributed by atoms with Crippen molar-refractivity contribution in [1.29, 1.82) is 0 Å². The monoisotopic (exact) mass is 276 g/mol. The van der Waals surface area contributed by atoms with E-state index in [4.69, 9.17) is 6.42 Å². The lowest BCUT2D eigenvalue weighted by atomic mass is 10.1. The first kappa shape index (κ1) is 16.7. The largest absolute Gasteiger partial charge is 0.393 e. The highest BCUT2D eigenvalue weighted by Crippen LogP contribution is 2.43. The predicted molar refractivity (Wildman–Crippen MR) is 79.9 cm³/mol. The summed E-state index contributed by atoms with van der Waals surface area (Å²) < 4.78 is 0. The number of allylic oxidation sites excluding steroid dienone is 3. The molecule has 110 valence electrons.